The van der Waals surface area contributed by atoms with Crippen LogP contribution in [0.5, 0.6) is 0 Å². The molecule has 0 saturated carbocycles. The Kier molecular flexibility index (Phi) is 3.59. The second-order valence-corrected chi connectivity index (χ2v) is 1.14. The van der Waals surface area contributed by atoms with Crippen molar-refractivity contribution in [3.63, 3.8) is 0 Å². The third kappa shape index (κ3) is 3.64. The Morgan fingerprint density at radius 3 is 2.44 bits per heavy atom. The molecule has 0 radical (unpaired) electrons. The molecule has 0 amide bonds. The van der Waals surface area contributed by atoms with Crippen LogP contribution in [-0.4, -0.2) is 19.6 Å². The van der Waals surface area contributed by atoms with Crippen LogP contribution in [0.1, 0.15) is 0 Å². The van der Waals surface area contributed by atoms with E-state index in [1.54, 1.807) is 0 Å². The largest absolute Gasteiger partial charge is 0.417 e. The van der Waals surface area contributed by atoms with E-state index in [4.69, 9.17) is 0 Å². The van der Waals surface area contributed by atoms with Gasteiger partial charge in [0.25, 0.3) is 0 Å². The van der Waals surface area contributed by atoms with Crippen LogP contribution in [0.4, 0.5) is 8.78 Å². The number of nitrogens with zero attached hydrogens (tertiary/aromatic N) is 1. The number of aliphatic imine (C=N–C) groups is 1. The predicted octanol–water partition coefficient (Wildman–Crippen LogP) is 1.44. The quantitative estimate of drug-likeness (QED) is 0.414. The van der Waals surface area contributed by atoms with Crippen LogP contribution in [0.2, 0.25) is 0 Å². The molecule has 0 fully saturated rings. The van der Waals surface area contributed by atoms with Gasteiger partial charge in [-0.1, -0.05) is 6.58 Å². The van der Waals surface area contributed by atoms with Gasteiger partial charge in [-0.25, -0.2) is 0 Å². The minimum absolute atomic E-state index is 0.148. The molecular weight excluding hydrogens is 128 g/mol. The normalized spacial score (nSPS) is 11.8. The van der Waals surface area contributed by atoms with E-state index in [9.17, 15) is 8.78 Å². The standard InChI is InChI=1S/C5H7F2NO/c1-3-4(8-2)9-5(6)7/h3,5H,1H2,2H3. The summed E-state index contributed by atoms with van der Waals surface area (Å²) in [6.07, 6.45) is 1.12. The highest BCUT2D eigenvalue weighted by Gasteiger charge is 2.02. The van der Waals surface area contributed by atoms with Gasteiger partial charge in [0, 0.05) is 7.05 Å². The van der Waals surface area contributed by atoms with Gasteiger partial charge in [0.05, 0.1) is 0 Å². The molecule has 9 heavy (non-hydrogen) atoms. The molecule has 0 aromatic heterocycles. The van der Waals surface area contributed by atoms with Gasteiger partial charge in [-0.05, 0) is 6.08 Å². The summed E-state index contributed by atoms with van der Waals surface area (Å²) in [5.74, 6) is -0.148. The zero-order chi connectivity index (χ0) is 7.28. The fourth-order valence-corrected chi connectivity index (χ4v) is 0.283. The first-order chi connectivity index (χ1) is 4.20. The van der Waals surface area contributed by atoms with Gasteiger partial charge in [-0.2, -0.15) is 8.78 Å². The molecule has 0 rings (SSSR count). The van der Waals surface area contributed by atoms with Gasteiger partial charge in [0.1, 0.15) is 0 Å². The SMILES string of the molecule is C=CC(=NC)OC(F)F. The number of hydrogen-bond donors (Lipinski definition) is 0. The summed E-state index contributed by atoms with van der Waals surface area (Å²) in [7, 11) is 1.35. The van der Waals surface area contributed by atoms with Crippen LogP contribution in [0.3, 0.4) is 0 Å². The lowest BCUT2D eigenvalue weighted by atomic mass is 10.6. The molecule has 4 heteroatoms. The summed E-state index contributed by atoms with van der Waals surface area (Å²) in [4.78, 5) is 3.34. The highest BCUT2D eigenvalue weighted by Crippen LogP contribution is 1.96. The van der Waals surface area contributed by atoms with Crippen molar-refractivity contribution in [3.05, 3.63) is 12.7 Å². The van der Waals surface area contributed by atoms with E-state index in [0.717, 1.165) is 6.08 Å². The maximum atomic E-state index is 11.3. The molecule has 0 aromatic carbocycles. The van der Waals surface area contributed by atoms with Gasteiger partial charge in [-0.3, -0.25) is 4.99 Å². The highest BCUT2D eigenvalue weighted by atomic mass is 19.3. The Hall–Kier alpha value is -0.930. The van der Waals surface area contributed by atoms with Crippen molar-refractivity contribution in [3.8, 4) is 0 Å². The number of alkyl halides is 2. The first-order valence-corrected chi connectivity index (χ1v) is 2.24. The summed E-state index contributed by atoms with van der Waals surface area (Å²) < 4.78 is 26.5. The van der Waals surface area contributed by atoms with Crippen molar-refractivity contribution in [1.82, 2.24) is 0 Å². The lowest BCUT2D eigenvalue weighted by Crippen LogP contribution is -2.05. The molecule has 2 nitrogen and oxygen atoms in total. The maximum absolute atomic E-state index is 11.3. The Morgan fingerprint density at radius 2 is 2.33 bits per heavy atom. The van der Waals surface area contributed by atoms with Crippen molar-refractivity contribution in [2.45, 2.75) is 6.61 Å². The molecule has 0 atom stereocenters. The zero-order valence-electron chi connectivity index (χ0n) is 4.97. The second kappa shape index (κ2) is 4.00. The average molecular weight is 135 g/mol. The monoisotopic (exact) mass is 135 g/mol. The Labute approximate surface area is 51.8 Å². The molecule has 0 heterocycles. The molecule has 0 aliphatic rings. The topological polar surface area (TPSA) is 21.6 Å². The van der Waals surface area contributed by atoms with Crippen LogP contribution in [0.25, 0.3) is 0 Å². The molecule has 52 valence electrons. The molecule has 0 spiro atoms. The van der Waals surface area contributed by atoms with Crippen LogP contribution >= 0.6 is 0 Å². The molecular formula is C5H7F2NO. The molecule has 0 N–H and O–H groups in total. The summed E-state index contributed by atoms with van der Waals surface area (Å²) >= 11 is 0. The van der Waals surface area contributed by atoms with Gasteiger partial charge in [0.15, 0.2) is 0 Å². The van der Waals surface area contributed by atoms with E-state index in [-0.39, 0.29) is 5.90 Å². The molecule has 0 aliphatic heterocycles. The van der Waals surface area contributed by atoms with Crippen LogP contribution < -0.4 is 0 Å². The molecule has 0 saturated heterocycles. The fourth-order valence-electron chi connectivity index (χ4n) is 0.283. The van der Waals surface area contributed by atoms with Gasteiger partial charge >= 0.3 is 6.61 Å². The van der Waals surface area contributed by atoms with E-state index < -0.39 is 6.61 Å². The zero-order valence-corrected chi connectivity index (χ0v) is 4.97. The van der Waals surface area contributed by atoms with Crippen molar-refractivity contribution < 1.29 is 13.5 Å². The highest BCUT2D eigenvalue weighted by molar-refractivity contribution is 5.86. The van der Waals surface area contributed by atoms with Crippen molar-refractivity contribution in [2.24, 2.45) is 4.99 Å². The van der Waals surface area contributed by atoms with E-state index in [2.05, 4.69) is 16.3 Å². The van der Waals surface area contributed by atoms with Gasteiger partial charge in [0.2, 0.25) is 5.90 Å². The van der Waals surface area contributed by atoms with Crippen molar-refractivity contribution >= 4 is 5.90 Å². The first kappa shape index (κ1) is 8.07. The van der Waals surface area contributed by atoms with Crippen LogP contribution in [0.15, 0.2) is 17.6 Å². The third-order valence-corrected chi connectivity index (χ3v) is 0.605. The van der Waals surface area contributed by atoms with E-state index in [1.807, 2.05) is 0 Å². The molecule has 0 aliphatic carbocycles. The molecule has 0 bridgehead atoms. The number of rotatable bonds is 2. The molecule has 0 unspecified atom stereocenters. The Morgan fingerprint density at radius 1 is 1.78 bits per heavy atom. The Balaban J connectivity index is 3.71. The summed E-state index contributed by atoms with van der Waals surface area (Å²) in [5, 5.41) is 0. The minimum Gasteiger partial charge on any atom is -0.417 e. The lowest BCUT2D eigenvalue weighted by Gasteiger charge is -2.00. The number of hydrogen-bond acceptors (Lipinski definition) is 2. The smallest absolute Gasteiger partial charge is 0.388 e. The summed E-state index contributed by atoms with van der Waals surface area (Å²) in [5.41, 5.74) is 0. The number of halogens is 2. The summed E-state index contributed by atoms with van der Waals surface area (Å²) in [6.45, 7) is 0.378. The third-order valence-electron chi connectivity index (χ3n) is 0.605. The second-order valence-electron chi connectivity index (χ2n) is 1.14. The van der Waals surface area contributed by atoms with E-state index in [0.29, 0.717) is 0 Å². The fraction of sp³-hybridized carbons (Fsp3) is 0.400. The molecule has 0 aromatic rings. The first-order valence-electron chi connectivity index (χ1n) is 2.24. The van der Waals surface area contributed by atoms with Crippen LogP contribution in [-0.2, 0) is 4.74 Å². The lowest BCUT2D eigenvalue weighted by molar-refractivity contribution is -0.0593. The van der Waals surface area contributed by atoms with Crippen molar-refractivity contribution in [2.75, 3.05) is 7.05 Å². The van der Waals surface area contributed by atoms with Gasteiger partial charge < -0.3 is 4.74 Å². The maximum Gasteiger partial charge on any atom is 0.388 e. The number of ether oxygens (including phenoxy) is 1. The average Bonchev–Trinajstić information content (AvgIpc) is 1.82. The van der Waals surface area contributed by atoms with Crippen LogP contribution in [0, 0.1) is 0 Å². The minimum atomic E-state index is -2.82. The van der Waals surface area contributed by atoms with E-state index >= 15 is 0 Å². The van der Waals surface area contributed by atoms with E-state index in [1.165, 1.54) is 7.05 Å². The predicted molar refractivity (Wildman–Crippen MR) is 30.6 cm³/mol. The Bertz CT molecular complexity index is 122. The summed E-state index contributed by atoms with van der Waals surface area (Å²) in [6, 6.07) is 0. The van der Waals surface area contributed by atoms with Crippen molar-refractivity contribution in [1.29, 1.82) is 0 Å². The van der Waals surface area contributed by atoms with Gasteiger partial charge in [-0.15, -0.1) is 0 Å².